The van der Waals surface area contributed by atoms with Crippen molar-refractivity contribution in [2.45, 2.75) is 32.1 Å². The molecule has 4 aromatic rings. The van der Waals surface area contributed by atoms with Crippen LogP contribution in [0.2, 0.25) is 0 Å². The number of carbonyl (C=O) groups is 6. The van der Waals surface area contributed by atoms with Gasteiger partial charge < -0.3 is 77.8 Å². The van der Waals surface area contributed by atoms with Crippen LogP contribution in [0, 0.1) is 0 Å². The Labute approximate surface area is 511 Å². The number of hydrazine groups is 2. The molecule has 1 aliphatic rings. The average molecular weight is 1220 g/mol. The number of esters is 1. The van der Waals surface area contributed by atoms with Crippen molar-refractivity contribution >= 4 is 59.3 Å². The smallest absolute Gasteiger partial charge is 0.311 e. The topological polar surface area (TPSA) is 293 Å². The summed E-state index contributed by atoms with van der Waals surface area (Å²) < 4.78 is 65.9. The van der Waals surface area contributed by atoms with Crippen LogP contribution in [0.1, 0.15) is 54.4 Å². The van der Waals surface area contributed by atoms with E-state index in [0.29, 0.717) is 126 Å². The van der Waals surface area contributed by atoms with E-state index in [4.69, 9.17) is 56.8 Å². The molecular weight excluding hydrogens is 1140 g/mol. The number of hydrogen-bond acceptors (Lipinski definition) is 23. The first-order valence-electron chi connectivity index (χ1n) is 28.2. The van der Waals surface area contributed by atoms with Gasteiger partial charge in [-0.15, -0.1) is 5.53 Å². The van der Waals surface area contributed by atoms with Gasteiger partial charge in [-0.25, -0.2) is 0 Å². The monoisotopic (exact) mass is 1220 g/mol. The van der Waals surface area contributed by atoms with Crippen LogP contribution in [-0.2, 0) is 57.2 Å². The molecule has 0 atom stereocenters. The van der Waals surface area contributed by atoms with Gasteiger partial charge in [0.15, 0.2) is 69.1 Å². The summed E-state index contributed by atoms with van der Waals surface area (Å²) in [5.74, 6) is -0.423. The minimum absolute atomic E-state index is 0.00489. The van der Waals surface area contributed by atoms with Crippen LogP contribution in [-0.4, -0.2) is 178 Å². The van der Waals surface area contributed by atoms with Crippen molar-refractivity contribution in [3.63, 3.8) is 0 Å². The molecule has 1 aliphatic heterocycles. The number of nitrogens with zero attached hydrogens (tertiary/aromatic N) is 1. The zero-order chi connectivity index (χ0) is 63.1. The molecule has 1 heterocycles. The Hall–Kier alpha value is -8.88. The number of ether oxygens (including phenoxy) is 12. The van der Waals surface area contributed by atoms with Crippen molar-refractivity contribution < 1.29 is 95.8 Å². The molecule has 0 aliphatic carbocycles. The van der Waals surface area contributed by atoms with Gasteiger partial charge in [-0.2, -0.15) is 0 Å². The predicted molar refractivity (Wildman–Crippen MR) is 325 cm³/mol. The lowest BCUT2D eigenvalue weighted by Gasteiger charge is -2.15. The quantitative estimate of drug-likeness (QED) is 0.0109. The van der Waals surface area contributed by atoms with E-state index in [1.54, 1.807) is 66.7 Å². The fourth-order valence-electron chi connectivity index (χ4n) is 7.74. The normalized spacial score (nSPS) is 12.2. The van der Waals surface area contributed by atoms with E-state index >= 15 is 0 Å². The molecule has 0 saturated carbocycles. The van der Waals surface area contributed by atoms with Crippen LogP contribution < -0.4 is 44.7 Å². The van der Waals surface area contributed by atoms with E-state index in [1.165, 1.54) is 83.1 Å². The molecule has 474 valence electrons. The highest BCUT2D eigenvalue weighted by Gasteiger charge is 2.16. The maximum atomic E-state index is 12.5. The molecule has 0 radical (unpaired) electrons. The number of phenolic OH excluding ortho intramolecular Hbond substituents is 2. The van der Waals surface area contributed by atoms with Crippen LogP contribution in [0.5, 0.6) is 46.0 Å². The molecule has 5 rings (SSSR count). The van der Waals surface area contributed by atoms with Crippen molar-refractivity contribution in [2.75, 3.05) is 127 Å². The van der Waals surface area contributed by atoms with Crippen LogP contribution in [0.15, 0.2) is 109 Å². The number of allylic oxidation sites excluding steroid dienone is 4. The molecule has 1 amide bonds. The molecule has 4 aromatic carbocycles. The fraction of sp³-hybridized carbons (Fsp3) is 0.375. The van der Waals surface area contributed by atoms with Crippen molar-refractivity contribution in [2.24, 2.45) is 0 Å². The number of aromatic hydroxyl groups is 2. The molecule has 0 bridgehead atoms. The molecule has 0 unspecified atom stereocenters. The lowest BCUT2D eigenvalue weighted by Crippen LogP contribution is -2.38. The van der Waals surface area contributed by atoms with E-state index in [1.807, 2.05) is 11.2 Å². The van der Waals surface area contributed by atoms with Crippen molar-refractivity contribution in [3.8, 4) is 46.0 Å². The van der Waals surface area contributed by atoms with E-state index in [-0.39, 0.29) is 90.7 Å². The highest BCUT2D eigenvalue weighted by Crippen LogP contribution is 2.31. The van der Waals surface area contributed by atoms with Gasteiger partial charge in [0.2, 0.25) is 5.91 Å². The first-order valence-corrected chi connectivity index (χ1v) is 28.2. The Balaban J connectivity index is 0.775. The number of methoxy groups -OCH3 is 4. The van der Waals surface area contributed by atoms with Crippen molar-refractivity contribution in [3.05, 3.63) is 131 Å². The Morgan fingerprint density at radius 3 is 1.33 bits per heavy atom. The molecule has 0 saturated heterocycles. The van der Waals surface area contributed by atoms with Crippen LogP contribution >= 0.6 is 0 Å². The van der Waals surface area contributed by atoms with Gasteiger partial charge in [-0.3, -0.25) is 33.8 Å². The van der Waals surface area contributed by atoms with Crippen molar-refractivity contribution in [1.82, 2.24) is 21.3 Å². The van der Waals surface area contributed by atoms with Gasteiger partial charge in [-0.1, -0.05) is 48.6 Å². The van der Waals surface area contributed by atoms with Crippen LogP contribution in [0.3, 0.4) is 0 Å². The number of hydrogen-bond donors (Lipinski definition) is 5. The SMILES string of the molecule is COc1cc(/C=C\C(=O)CC(=O)/C=C\c2ccc(OCC3=CN(CCOCCOCCOCCOCCOCCOCCNC(=O)CCCC(=O)Oc4ccc(/C=C\C(=O)CC(=O)/C=C\c5ccc(O)c(OC)c5)cc4OC)NN3)c(OC)c2)ccc1O. The van der Waals surface area contributed by atoms with Gasteiger partial charge >= 0.3 is 5.97 Å². The number of ketones is 4. The van der Waals surface area contributed by atoms with Crippen LogP contribution in [0.4, 0.5) is 0 Å². The second kappa shape index (κ2) is 40.5. The molecule has 0 fully saturated rings. The van der Waals surface area contributed by atoms with E-state index in [2.05, 4.69) is 16.3 Å². The first-order chi connectivity index (χ1) is 42.7. The third-order valence-corrected chi connectivity index (χ3v) is 12.3. The number of carbonyl (C=O) groups excluding carboxylic acids is 6. The van der Waals surface area contributed by atoms with E-state index < -0.39 is 17.5 Å². The molecule has 24 heteroatoms. The summed E-state index contributed by atoms with van der Waals surface area (Å²) in [5, 5.41) is 24.1. The summed E-state index contributed by atoms with van der Waals surface area (Å²) in [6.07, 6.45) is 13.0. The predicted octanol–water partition coefficient (Wildman–Crippen LogP) is 6.18. The molecule has 88 heavy (non-hydrogen) atoms. The second-order valence-corrected chi connectivity index (χ2v) is 19.0. The number of amides is 1. The number of phenols is 2. The minimum atomic E-state index is -0.546. The van der Waals surface area contributed by atoms with Gasteiger partial charge in [0, 0.05) is 25.6 Å². The Morgan fingerprint density at radius 1 is 0.477 bits per heavy atom. The lowest BCUT2D eigenvalue weighted by atomic mass is 10.1. The molecule has 0 aromatic heterocycles. The summed E-state index contributed by atoms with van der Waals surface area (Å²) >= 11 is 0. The summed E-state index contributed by atoms with van der Waals surface area (Å²) in [6.45, 7) is 5.81. The Bertz CT molecular complexity index is 3050. The summed E-state index contributed by atoms with van der Waals surface area (Å²) in [7, 11) is 5.78. The van der Waals surface area contributed by atoms with Gasteiger partial charge in [0.1, 0.15) is 6.61 Å². The maximum Gasteiger partial charge on any atom is 0.311 e. The van der Waals surface area contributed by atoms with Crippen molar-refractivity contribution in [1.29, 1.82) is 0 Å². The number of rotatable bonds is 45. The summed E-state index contributed by atoms with van der Waals surface area (Å²) in [4.78, 5) is 74.4. The molecule has 5 N–H and O–H groups in total. The second-order valence-electron chi connectivity index (χ2n) is 19.0. The zero-order valence-electron chi connectivity index (χ0n) is 50.0. The van der Waals surface area contributed by atoms with E-state index in [9.17, 15) is 39.0 Å². The lowest BCUT2D eigenvalue weighted by molar-refractivity contribution is -0.135. The van der Waals surface area contributed by atoms with Gasteiger partial charge in [0.05, 0.1) is 133 Å². The van der Waals surface area contributed by atoms with Gasteiger partial charge in [-0.05, 0) is 102 Å². The summed E-state index contributed by atoms with van der Waals surface area (Å²) in [6, 6.07) is 19.3. The molecular formula is C64H78N4O20. The zero-order valence-corrected chi connectivity index (χ0v) is 50.0. The third kappa shape index (κ3) is 27.7. The largest absolute Gasteiger partial charge is 0.504 e. The fourth-order valence-corrected chi connectivity index (χ4v) is 7.74. The number of benzene rings is 4. The highest BCUT2D eigenvalue weighted by atomic mass is 16.6. The third-order valence-electron chi connectivity index (χ3n) is 12.3. The van der Waals surface area contributed by atoms with Crippen LogP contribution in [0.25, 0.3) is 24.3 Å². The Morgan fingerprint density at radius 2 is 0.875 bits per heavy atom. The Kier molecular flexibility index (Phi) is 32.2. The minimum Gasteiger partial charge on any atom is -0.504 e. The van der Waals surface area contributed by atoms with E-state index in [0.717, 1.165) is 5.70 Å². The standard InChI is InChI=1S/C64H78N4O20/c1-77-59-38-46(12-20-55(59)73)8-16-51(69)42-53(71)18-10-48-14-22-57(61(40-48)79-3)87-45-50-44-68(67-66-50)25-27-82-29-31-84-33-35-86-37-36-85-34-32-83-30-28-81-26-24-65-63(75)6-5-7-64(76)88-58-23-15-49(41-62(58)80-4)11-19-54(72)43-52(70)17-9-47-13-21-56(74)60(39-47)78-2/h8-23,38-41,44,66-67,73-74H,5-7,24-37,42-43,45H2,1-4H3,(H,65,75)/b16-8-,17-9-,18-10-,19-11-. The average Bonchev–Trinajstić information content (AvgIpc) is 4.12. The number of nitrogens with one attached hydrogen (secondary N) is 3. The van der Waals surface area contributed by atoms with Gasteiger partial charge in [0.25, 0.3) is 0 Å². The first kappa shape index (κ1) is 69.9. The maximum absolute atomic E-state index is 12.5. The molecule has 0 spiro atoms. The summed E-state index contributed by atoms with van der Waals surface area (Å²) in [5.41, 5.74) is 9.41. The highest BCUT2D eigenvalue weighted by molar-refractivity contribution is 6.11. The molecule has 24 nitrogen and oxygen atoms in total.